The van der Waals surface area contributed by atoms with Crippen molar-refractivity contribution in [3.8, 4) is 5.75 Å². The molecule has 0 atom stereocenters. The van der Waals surface area contributed by atoms with Crippen LogP contribution in [0.3, 0.4) is 0 Å². The normalized spacial score (nSPS) is 15.0. The highest BCUT2D eigenvalue weighted by Gasteiger charge is 2.24. The van der Waals surface area contributed by atoms with Crippen LogP contribution in [0.15, 0.2) is 61.1 Å². The first kappa shape index (κ1) is 18.9. The van der Waals surface area contributed by atoms with Gasteiger partial charge in [-0.1, -0.05) is 18.2 Å². The summed E-state index contributed by atoms with van der Waals surface area (Å²) in [5, 5.41) is 5.46. The molecule has 1 aliphatic heterocycles. The van der Waals surface area contributed by atoms with E-state index in [1.165, 1.54) is 18.4 Å². The number of anilines is 3. The molecule has 0 saturated heterocycles. The first-order valence-corrected chi connectivity index (χ1v) is 10.9. The third-order valence-electron chi connectivity index (χ3n) is 6.02. The monoisotopic (exact) mass is 427 g/mol. The van der Waals surface area contributed by atoms with Crippen LogP contribution in [0.4, 0.5) is 17.2 Å². The van der Waals surface area contributed by atoms with Crippen molar-refractivity contribution in [2.24, 2.45) is 0 Å². The van der Waals surface area contributed by atoms with Gasteiger partial charge in [-0.15, -0.1) is 5.53 Å². The number of imidazole rings is 1. The highest BCUT2D eigenvalue weighted by atomic mass is 16.5. The van der Waals surface area contributed by atoms with Crippen molar-refractivity contribution in [1.29, 1.82) is 0 Å². The number of methoxy groups -OCH3 is 1. The average molecular weight is 428 g/mol. The molecule has 3 aromatic heterocycles. The lowest BCUT2D eigenvalue weighted by molar-refractivity contribution is 0.414. The number of hydrogen-bond acceptors (Lipinski definition) is 7. The molecule has 6 rings (SSSR count). The first-order valence-electron chi connectivity index (χ1n) is 10.9. The number of hydrazine groups is 2. The van der Waals surface area contributed by atoms with Gasteiger partial charge < -0.3 is 19.9 Å². The standard InChI is InChI=1S/C24H25N7O/c1-32-20-7-2-16(3-8-20)11-25-23-10-22-21(12-26-23)28-29-31(22)15-19-14-30-13-18(17-4-5-17)6-9-24(30)27-19/h2-3,6-10,12-14,17,28-29H,4-5,11,15H2,1H3,(H,25,26). The van der Waals surface area contributed by atoms with Gasteiger partial charge in [0.2, 0.25) is 0 Å². The zero-order valence-electron chi connectivity index (χ0n) is 17.9. The van der Waals surface area contributed by atoms with E-state index in [-0.39, 0.29) is 0 Å². The first-order chi connectivity index (χ1) is 15.7. The van der Waals surface area contributed by atoms with Gasteiger partial charge in [0.05, 0.1) is 36.9 Å². The number of ether oxygens (including phenoxy) is 1. The average Bonchev–Trinajstić information content (AvgIpc) is 3.49. The Hall–Kier alpha value is -3.78. The summed E-state index contributed by atoms with van der Waals surface area (Å²) in [5.41, 5.74) is 12.9. The molecule has 1 aromatic carbocycles. The number of nitrogens with zero attached hydrogens (tertiary/aromatic N) is 4. The summed E-state index contributed by atoms with van der Waals surface area (Å²) in [4.78, 5) is 9.32. The van der Waals surface area contributed by atoms with Gasteiger partial charge >= 0.3 is 0 Å². The van der Waals surface area contributed by atoms with Crippen LogP contribution in [0.2, 0.25) is 0 Å². The van der Waals surface area contributed by atoms with Crippen molar-refractivity contribution >= 4 is 22.8 Å². The fraction of sp³-hybridized carbons (Fsp3) is 0.250. The Bertz CT molecular complexity index is 1260. The molecule has 1 fully saturated rings. The Morgan fingerprint density at radius 2 is 2.00 bits per heavy atom. The van der Waals surface area contributed by atoms with Crippen LogP contribution in [0.1, 0.15) is 35.6 Å². The van der Waals surface area contributed by atoms with Crippen molar-refractivity contribution in [2.75, 3.05) is 22.9 Å². The number of fused-ring (bicyclic) bond motifs is 2. The molecule has 0 unspecified atom stereocenters. The second kappa shape index (κ2) is 7.72. The zero-order valence-corrected chi connectivity index (χ0v) is 17.9. The summed E-state index contributed by atoms with van der Waals surface area (Å²) in [5.74, 6) is 2.41. The second-order valence-electron chi connectivity index (χ2n) is 8.35. The van der Waals surface area contributed by atoms with E-state index in [4.69, 9.17) is 9.72 Å². The number of benzene rings is 1. The van der Waals surface area contributed by atoms with Gasteiger partial charge in [-0.3, -0.25) is 5.01 Å². The van der Waals surface area contributed by atoms with E-state index in [0.717, 1.165) is 45.8 Å². The molecule has 0 bridgehead atoms. The summed E-state index contributed by atoms with van der Waals surface area (Å²) in [7, 11) is 1.67. The molecule has 2 aliphatic rings. The van der Waals surface area contributed by atoms with Crippen LogP contribution in [0, 0.1) is 0 Å². The predicted octanol–water partition coefficient (Wildman–Crippen LogP) is 4.08. The lowest BCUT2D eigenvalue weighted by Gasteiger charge is -2.17. The molecule has 1 aliphatic carbocycles. The topological polar surface area (TPSA) is 78.8 Å². The summed E-state index contributed by atoms with van der Waals surface area (Å²) >= 11 is 0. The summed E-state index contributed by atoms with van der Waals surface area (Å²) < 4.78 is 7.36. The number of nitrogens with one attached hydrogen (secondary N) is 3. The highest BCUT2D eigenvalue weighted by Crippen LogP contribution is 2.40. The van der Waals surface area contributed by atoms with Crippen LogP contribution in [0.25, 0.3) is 5.65 Å². The van der Waals surface area contributed by atoms with E-state index in [1.54, 1.807) is 7.11 Å². The molecule has 162 valence electrons. The molecular formula is C24H25N7O. The number of hydrogen-bond donors (Lipinski definition) is 3. The van der Waals surface area contributed by atoms with Crippen molar-refractivity contribution in [2.45, 2.75) is 31.8 Å². The lowest BCUT2D eigenvalue weighted by Crippen LogP contribution is -2.35. The Labute approximate surface area is 186 Å². The minimum absolute atomic E-state index is 0.641. The quantitative estimate of drug-likeness (QED) is 0.410. The fourth-order valence-corrected chi connectivity index (χ4v) is 4.07. The molecule has 0 radical (unpaired) electrons. The molecule has 0 spiro atoms. The summed E-state index contributed by atoms with van der Waals surface area (Å²) in [6.45, 7) is 1.33. The largest absolute Gasteiger partial charge is 0.497 e. The van der Waals surface area contributed by atoms with E-state index in [2.05, 4.69) is 55.2 Å². The lowest BCUT2D eigenvalue weighted by atomic mass is 10.2. The maximum atomic E-state index is 5.22. The van der Waals surface area contributed by atoms with Crippen LogP contribution in [0.5, 0.6) is 5.75 Å². The molecule has 3 N–H and O–H groups in total. The van der Waals surface area contributed by atoms with Crippen LogP contribution >= 0.6 is 0 Å². The molecule has 4 heterocycles. The van der Waals surface area contributed by atoms with Crippen LogP contribution in [-0.2, 0) is 13.1 Å². The van der Waals surface area contributed by atoms with E-state index < -0.39 is 0 Å². The molecule has 0 amide bonds. The number of pyridine rings is 2. The molecular weight excluding hydrogens is 402 g/mol. The molecule has 8 heteroatoms. The van der Waals surface area contributed by atoms with Crippen LogP contribution in [-0.4, -0.2) is 21.5 Å². The van der Waals surface area contributed by atoms with Crippen LogP contribution < -0.4 is 26.0 Å². The van der Waals surface area contributed by atoms with Crippen molar-refractivity contribution in [1.82, 2.24) is 19.9 Å². The third kappa shape index (κ3) is 3.69. The van der Waals surface area contributed by atoms with Gasteiger partial charge in [-0.2, -0.15) is 0 Å². The molecule has 4 aromatic rings. The summed E-state index contributed by atoms with van der Waals surface area (Å²) in [6, 6.07) is 14.4. The maximum Gasteiger partial charge on any atom is 0.137 e. The Balaban J connectivity index is 1.17. The fourth-order valence-electron chi connectivity index (χ4n) is 4.07. The molecule has 8 nitrogen and oxygen atoms in total. The van der Waals surface area contributed by atoms with E-state index in [0.29, 0.717) is 13.1 Å². The number of aromatic nitrogens is 3. The Kier molecular flexibility index (Phi) is 4.57. The Morgan fingerprint density at radius 1 is 1.12 bits per heavy atom. The van der Waals surface area contributed by atoms with Crippen molar-refractivity contribution in [3.05, 3.63) is 77.9 Å². The third-order valence-corrected chi connectivity index (χ3v) is 6.02. The van der Waals surface area contributed by atoms with Gasteiger partial charge in [-0.25, -0.2) is 9.97 Å². The van der Waals surface area contributed by atoms with E-state index in [1.807, 2.05) is 36.5 Å². The smallest absolute Gasteiger partial charge is 0.137 e. The van der Waals surface area contributed by atoms with Gasteiger partial charge in [0, 0.05) is 25.0 Å². The van der Waals surface area contributed by atoms with E-state index in [9.17, 15) is 0 Å². The van der Waals surface area contributed by atoms with Crippen molar-refractivity contribution < 1.29 is 4.74 Å². The summed E-state index contributed by atoms with van der Waals surface area (Å²) in [6.07, 6.45) is 8.78. The number of rotatable bonds is 7. The predicted molar refractivity (Wildman–Crippen MR) is 125 cm³/mol. The van der Waals surface area contributed by atoms with E-state index >= 15 is 0 Å². The second-order valence-corrected chi connectivity index (χ2v) is 8.35. The van der Waals surface area contributed by atoms with Crippen molar-refractivity contribution in [3.63, 3.8) is 0 Å². The molecule has 32 heavy (non-hydrogen) atoms. The maximum absolute atomic E-state index is 5.22. The molecule has 1 saturated carbocycles. The minimum Gasteiger partial charge on any atom is -0.497 e. The van der Waals surface area contributed by atoms with Gasteiger partial charge in [0.1, 0.15) is 17.2 Å². The Morgan fingerprint density at radius 3 is 2.81 bits per heavy atom. The minimum atomic E-state index is 0.641. The van der Waals surface area contributed by atoms with Gasteiger partial charge in [0.25, 0.3) is 0 Å². The zero-order chi connectivity index (χ0) is 21.5. The van der Waals surface area contributed by atoms with Gasteiger partial charge in [0.15, 0.2) is 0 Å². The highest BCUT2D eigenvalue weighted by molar-refractivity contribution is 5.75. The SMILES string of the molecule is COc1ccc(CNc2cc3c(cn2)NNN3Cc2cn3cc(C4CC4)ccc3n2)cc1. The van der Waals surface area contributed by atoms with Gasteiger partial charge in [-0.05, 0) is 48.1 Å².